The van der Waals surface area contributed by atoms with Gasteiger partial charge in [-0.3, -0.25) is 9.69 Å². The Hall–Kier alpha value is -2.83. The van der Waals surface area contributed by atoms with Crippen molar-refractivity contribution < 1.29 is 19.1 Å². The summed E-state index contributed by atoms with van der Waals surface area (Å²) in [4.78, 5) is 26.2. The fraction of sp³-hybridized carbons (Fsp3) is 0.450. The number of para-hydroxylation sites is 1. The maximum absolute atomic E-state index is 12.4. The number of rotatable bonds is 3. The van der Waals surface area contributed by atoms with Gasteiger partial charge in [0.2, 0.25) is 0 Å². The number of ether oxygens (including phenoxy) is 2. The third-order valence-corrected chi connectivity index (χ3v) is 4.24. The van der Waals surface area contributed by atoms with Crippen LogP contribution in [0.2, 0.25) is 0 Å². The van der Waals surface area contributed by atoms with Gasteiger partial charge in [-0.25, -0.2) is 10.2 Å². The lowest BCUT2D eigenvalue weighted by molar-refractivity contribution is -0.125. The number of fused-ring (bicyclic) bond motifs is 1. The van der Waals surface area contributed by atoms with Gasteiger partial charge in [-0.05, 0) is 45.8 Å². The zero-order valence-corrected chi connectivity index (χ0v) is 15.9. The molecule has 1 aromatic carbocycles. The predicted octanol–water partition coefficient (Wildman–Crippen LogP) is 2.96. The molecule has 144 valence electrons. The van der Waals surface area contributed by atoms with E-state index in [1.54, 1.807) is 27.0 Å². The number of likely N-dealkylation sites (tertiary alicyclic amines) is 1. The maximum atomic E-state index is 12.4. The number of nitrogens with zero attached hydrogens (tertiary/aromatic N) is 2. The monoisotopic (exact) mass is 371 g/mol. The molecule has 0 radical (unpaired) electrons. The predicted molar refractivity (Wildman–Crippen MR) is 103 cm³/mol. The minimum absolute atomic E-state index is 0.313. The Balaban J connectivity index is 1.58. The third kappa shape index (κ3) is 4.87. The summed E-state index contributed by atoms with van der Waals surface area (Å²) in [7, 11) is 0. The van der Waals surface area contributed by atoms with E-state index < -0.39 is 17.7 Å². The Bertz CT molecular complexity index is 780. The van der Waals surface area contributed by atoms with Gasteiger partial charge in [-0.1, -0.05) is 18.2 Å². The van der Waals surface area contributed by atoms with E-state index in [0.717, 1.165) is 23.3 Å². The van der Waals surface area contributed by atoms with Crippen molar-refractivity contribution in [3.05, 3.63) is 35.4 Å². The summed E-state index contributed by atoms with van der Waals surface area (Å²) in [5, 5.41) is 4.03. The number of carbonyl (C=O) groups is 2. The Morgan fingerprint density at radius 2 is 2.11 bits per heavy atom. The molecule has 0 aromatic heterocycles. The topological polar surface area (TPSA) is 80.2 Å². The van der Waals surface area contributed by atoms with Gasteiger partial charge in [0, 0.05) is 17.7 Å². The van der Waals surface area contributed by atoms with Crippen LogP contribution in [0, 0.1) is 0 Å². The fourth-order valence-electron chi connectivity index (χ4n) is 3.04. The lowest BCUT2D eigenvalue weighted by atomic mass is 10.1. The number of hydrogen-bond acceptors (Lipinski definition) is 5. The minimum Gasteiger partial charge on any atom is -0.488 e. The number of carbonyl (C=O) groups excluding carboxylic acids is 2. The van der Waals surface area contributed by atoms with Gasteiger partial charge in [0.25, 0.3) is 5.91 Å². The van der Waals surface area contributed by atoms with Gasteiger partial charge in [0.15, 0.2) is 0 Å². The van der Waals surface area contributed by atoms with Crippen LogP contribution in [0.4, 0.5) is 4.79 Å². The van der Waals surface area contributed by atoms with Gasteiger partial charge < -0.3 is 9.47 Å². The Labute approximate surface area is 159 Å². The van der Waals surface area contributed by atoms with Crippen LogP contribution in [0.1, 0.15) is 39.2 Å². The molecule has 1 aromatic rings. The first-order valence-electron chi connectivity index (χ1n) is 9.08. The molecule has 7 heteroatoms. The molecule has 2 aliphatic rings. The molecule has 2 aliphatic heterocycles. The Morgan fingerprint density at radius 3 is 2.89 bits per heavy atom. The zero-order valence-electron chi connectivity index (χ0n) is 15.9. The number of amides is 2. The van der Waals surface area contributed by atoms with Gasteiger partial charge in [0.1, 0.15) is 24.0 Å². The lowest BCUT2D eigenvalue weighted by Crippen LogP contribution is -2.46. The summed E-state index contributed by atoms with van der Waals surface area (Å²) in [6, 6.07) is 7.16. The molecule has 1 saturated heterocycles. The van der Waals surface area contributed by atoms with Crippen molar-refractivity contribution in [1.82, 2.24) is 10.3 Å². The second-order valence-electron chi connectivity index (χ2n) is 7.61. The van der Waals surface area contributed by atoms with Crippen molar-refractivity contribution >= 4 is 24.3 Å². The standard InChI is InChI=1S/C20H25N3O4/c1-20(2,3)27-19(25)23-10-6-8-16(23)18(24)22-21-12-14-11-15-7-4-5-9-17(15)26-13-14/h4-5,7,9,11-12,16H,6,8,10,13H2,1-3H3,(H,22,24)/b21-12-/t16-/m1/s1. The molecule has 0 unspecified atom stereocenters. The summed E-state index contributed by atoms with van der Waals surface area (Å²) in [5.74, 6) is 0.519. The first-order valence-corrected chi connectivity index (χ1v) is 9.08. The molecule has 1 atom stereocenters. The molecule has 2 amide bonds. The SMILES string of the molecule is CC(C)(C)OC(=O)N1CCC[C@@H]1C(=O)N/N=C\C1=Cc2ccccc2OC1. The van der Waals surface area contributed by atoms with E-state index in [0.29, 0.717) is 19.6 Å². The number of hydrogen-bond donors (Lipinski definition) is 1. The molecule has 0 spiro atoms. The lowest BCUT2D eigenvalue weighted by Gasteiger charge is -2.27. The molecule has 7 nitrogen and oxygen atoms in total. The van der Waals surface area contributed by atoms with Crippen LogP contribution >= 0.6 is 0 Å². The van der Waals surface area contributed by atoms with Crippen LogP contribution in [0.3, 0.4) is 0 Å². The van der Waals surface area contributed by atoms with Crippen molar-refractivity contribution in [2.24, 2.45) is 5.10 Å². The summed E-state index contributed by atoms with van der Waals surface area (Å²) >= 11 is 0. The minimum atomic E-state index is -0.595. The van der Waals surface area contributed by atoms with E-state index in [2.05, 4.69) is 10.5 Å². The first-order chi connectivity index (χ1) is 12.8. The van der Waals surface area contributed by atoms with Crippen LogP contribution in [0.15, 0.2) is 34.9 Å². The summed E-state index contributed by atoms with van der Waals surface area (Å²) in [6.07, 6.45) is 4.43. The van der Waals surface area contributed by atoms with Crippen LogP contribution < -0.4 is 10.2 Å². The largest absolute Gasteiger partial charge is 0.488 e. The molecule has 1 fully saturated rings. The molecule has 1 N–H and O–H groups in total. The van der Waals surface area contributed by atoms with Gasteiger partial charge >= 0.3 is 6.09 Å². The van der Waals surface area contributed by atoms with Gasteiger partial charge in [-0.2, -0.15) is 5.10 Å². The van der Waals surface area contributed by atoms with Crippen molar-refractivity contribution in [3.8, 4) is 5.75 Å². The highest BCUT2D eigenvalue weighted by molar-refractivity contribution is 5.90. The van der Waals surface area contributed by atoms with E-state index in [1.807, 2.05) is 30.3 Å². The summed E-state index contributed by atoms with van der Waals surface area (Å²) < 4.78 is 11.0. The van der Waals surface area contributed by atoms with Crippen LogP contribution in [-0.4, -0.2) is 47.9 Å². The third-order valence-electron chi connectivity index (χ3n) is 4.24. The highest BCUT2D eigenvalue weighted by atomic mass is 16.6. The Morgan fingerprint density at radius 1 is 1.33 bits per heavy atom. The van der Waals surface area contributed by atoms with Crippen LogP contribution in [0.25, 0.3) is 6.08 Å². The fourth-order valence-corrected chi connectivity index (χ4v) is 3.04. The van der Waals surface area contributed by atoms with Crippen molar-refractivity contribution in [3.63, 3.8) is 0 Å². The number of benzene rings is 1. The highest BCUT2D eigenvalue weighted by Crippen LogP contribution is 2.25. The second-order valence-corrected chi connectivity index (χ2v) is 7.61. The maximum Gasteiger partial charge on any atom is 0.410 e. The molecular formula is C20H25N3O4. The average Bonchev–Trinajstić information content (AvgIpc) is 3.10. The Kier molecular flexibility index (Phi) is 5.48. The number of hydrazone groups is 1. The first kappa shape index (κ1) is 18.9. The van der Waals surface area contributed by atoms with E-state index >= 15 is 0 Å². The molecule has 27 heavy (non-hydrogen) atoms. The van der Waals surface area contributed by atoms with E-state index in [4.69, 9.17) is 9.47 Å². The second kappa shape index (κ2) is 7.82. The van der Waals surface area contributed by atoms with Gasteiger partial charge in [-0.15, -0.1) is 0 Å². The molecule has 3 rings (SSSR count). The molecule has 0 bridgehead atoms. The molecule has 2 heterocycles. The van der Waals surface area contributed by atoms with Gasteiger partial charge in [0.05, 0.1) is 6.21 Å². The van der Waals surface area contributed by atoms with Crippen LogP contribution in [0.5, 0.6) is 5.75 Å². The molecule has 0 aliphatic carbocycles. The van der Waals surface area contributed by atoms with E-state index in [9.17, 15) is 9.59 Å². The average molecular weight is 371 g/mol. The smallest absolute Gasteiger partial charge is 0.410 e. The normalized spacial score (nSPS) is 19.3. The van der Waals surface area contributed by atoms with E-state index in [-0.39, 0.29) is 5.91 Å². The molecular weight excluding hydrogens is 346 g/mol. The van der Waals surface area contributed by atoms with Crippen molar-refractivity contribution in [1.29, 1.82) is 0 Å². The van der Waals surface area contributed by atoms with E-state index in [1.165, 1.54) is 4.90 Å². The zero-order chi connectivity index (χ0) is 19.4. The quantitative estimate of drug-likeness (QED) is 0.654. The summed E-state index contributed by atoms with van der Waals surface area (Å²) in [6.45, 7) is 6.31. The highest BCUT2D eigenvalue weighted by Gasteiger charge is 2.36. The number of nitrogens with one attached hydrogen (secondary N) is 1. The van der Waals surface area contributed by atoms with Crippen molar-refractivity contribution in [2.75, 3.05) is 13.2 Å². The van der Waals surface area contributed by atoms with Crippen LogP contribution in [-0.2, 0) is 9.53 Å². The summed E-state index contributed by atoms with van der Waals surface area (Å²) in [5.41, 5.74) is 3.76. The van der Waals surface area contributed by atoms with Crippen molar-refractivity contribution in [2.45, 2.75) is 45.3 Å². The molecule has 0 saturated carbocycles.